The van der Waals surface area contributed by atoms with Crippen molar-refractivity contribution in [1.29, 1.82) is 0 Å². The lowest BCUT2D eigenvalue weighted by molar-refractivity contribution is -0.185. The second-order valence-corrected chi connectivity index (χ2v) is 9.40. The van der Waals surface area contributed by atoms with E-state index in [1.807, 2.05) is 0 Å². The van der Waals surface area contributed by atoms with E-state index in [9.17, 15) is 36.6 Å². The van der Waals surface area contributed by atoms with Gasteiger partial charge in [-0.25, -0.2) is 9.59 Å². The van der Waals surface area contributed by atoms with Crippen LogP contribution in [0.25, 0.3) is 6.08 Å². The van der Waals surface area contributed by atoms with Gasteiger partial charge in [-0.2, -0.15) is 22.0 Å². The monoisotopic (exact) mass is 592 g/mol. The molecule has 0 amide bonds. The molecule has 0 aliphatic carbocycles. The standard InChI is InChI=1S/C30H29F5N2O5/c31-29(32,33)15-2-1-3-19-4-9-21(10-5-19)30(34,35)42-23-11-6-20(7-12-23)8-13-27(38)41-16-14-24-25(28(39)40)17-22(36)18-26(24)37/h4-13,17-18H,1-3,14-16,36-37H2,(H,39,40). The molecule has 0 saturated carbocycles. The highest BCUT2D eigenvalue weighted by Crippen LogP contribution is 2.32. The number of benzene rings is 3. The lowest BCUT2D eigenvalue weighted by Crippen LogP contribution is -2.21. The van der Waals surface area contributed by atoms with Crippen molar-refractivity contribution >= 4 is 29.4 Å². The molecule has 0 unspecified atom stereocenters. The van der Waals surface area contributed by atoms with Gasteiger partial charge < -0.3 is 26.0 Å². The molecule has 0 bridgehead atoms. The number of nitrogen functional groups attached to an aromatic ring is 2. The highest BCUT2D eigenvalue weighted by Gasteiger charge is 2.34. The molecule has 5 N–H and O–H groups in total. The number of alkyl halides is 5. The number of ether oxygens (including phenoxy) is 2. The van der Waals surface area contributed by atoms with Crippen LogP contribution in [0.5, 0.6) is 5.75 Å². The van der Waals surface area contributed by atoms with Gasteiger partial charge in [0, 0.05) is 30.3 Å². The van der Waals surface area contributed by atoms with E-state index >= 15 is 0 Å². The van der Waals surface area contributed by atoms with E-state index in [-0.39, 0.29) is 54.1 Å². The molecule has 0 saturated heterocycles. The SMILES string of the molecule is Nc1cc(N)c(CCOC(=O)C=Cc2ccc(OC(F)(F)c3ccc(CCCCC(F)(F)F)cc3)cc2)c(C(=O)O)c1. The average molecular weight is 593 g/mol. The molecular formula is C30H29F5N2O5. The number of rotatable bonds is 13. The number of unbranched alkanes of at least 4 members (excludes halogenated alkanes) is 1. The number of hydrogen-bond acceptors (Lipinski definition) is 6. The predicted octanol–water partition coefficient (Wildman–Crippen LogP) is 6.75. The first kappa shape index (κ1) is 31.9. The van der Waals surface area contributed by atoms with Crippen molar-refractivity contribution in [2.45, 2.75) is 44.4 Å². The Labute approximate surface area is 238 Å². The minimum absolute atomic E-state index is 0.0354. The summed E-state index contributed by atoms with van der Waals surface area (Å²) in [6, 6.07) is 13.4. The van der Waals surface area contributed by atoms with E-state index < -0.39 is 36.2 Å². The molecule has 3 aromatic carbocycles. The first-order chi connectivity index (χ1) is 19.7. The fraction of sp³-hybridized carbons (Fsp3) is 0.267. The zero-order valence-electron chi connectivity index (χ0n) is 22.3. The minimum Gasteiger partial charge on any atom is -0.478 e. The van der Waals surface area contributed by atoms with Crippen LogP contribution in [0.2, 0.25) is 0 Å². The fourth-order valence-electron chi connectivity index (χ4n) is 4.03. The van der Waals surface area contributed by atoms with Gasteiger partial charge in [0.25, 0.3) is 0 Å². The Hall–Kier alpha value is -4.61. The van der Waals surface area contributed by atoms with Gasteiger partial charge in [-0.1, -0.05) is 24.3 Å². The van der Waals surface area contributed by atoms with Gasteiger partial charge >= 0.3 is 24.2 Å². The van der Waals surface area contributed by atoms with Crippen LogP contribution in [-0.2, 0) is 28.5 Å². The fourth-order valence-corrected chi connectivity index (χ4v) is 4.03. The summed E-state index contributed by atoms with van der Waals surface area (Å²) < 4.78 is 76.0. The summed E-state index contributed by atoms with van der Waals surface area (Å²) in [5.41, 5.74) is 12.8. The Balaban J connectivity index is 1.49. The van der Waals surface area contributed by atoms with Crippen LogP contribution < -0.4 is 16.2 Å². The number of carboxylic acids is 1. The predicted molar refractivity (Wildman–Crippen MR) is 147 cm³/mol. The Bertz CT molecular complexity index is 1410. The van der Waals surface area contributed by atoms with Gasteiger partial charge in [-0.3, -0.25) is 0 Å². The van der Waals surface area contributed by atoms with Crippen LogP contribution in [0.4, 0.5) is 33.3 Å². The largest absolute Gasteiger partial charge is 0.478 e. The molecule has 224 valence electrons. The molecule has 0 aliphatic rings. The van der Waals surface area contributed by atoms with E-state index in [0.29, 0.717) is 17.5 Å². The van der Waals surface area contributed by atoms with Crippen LogP contribution in [0.15, 0.2) is 66.7 Å². The topological polar surface area (TPSA) is 125 Å². The third kappa shape index (κ3) is 9.79. The second kappa shape index (κ2) is 13.8. The highest BCUT2D eigenvalue weighted by molar-refractivity contribution is 5.92. The number of esters is 1. The first-order valence-corrected chi connectivity index (χ1v) is 12.8. The second-order valence-electron chi connectivity index (χ2n) is 9.40. The third-order valence-corrected chi connectivity index (χ3v) is 6.14. The maximum absolute atomic E-state index is 14.7. The summed E-state index contributed by atoms with van der Waals surface area (Å²) in [6.45, 7) is -0.140. The number of carboxylic acid groups (broad SMARTS) is 1. The number of carbonyl (C=O) groups excluding carboxylic acids is 1. The van der Waals surface area contributed by atoms with Crippen molar-refractivity contribution in [2.75, 3.05) is 18.1 Å². The molecule has 3 rings (SSSR count). The first-order valence-electron chi connectivity index (χ1n) is 12.8. The summed E-state index contributed by atoms with van der Waals surface area (Å²) in [5, 5.41) is 9.33. The third-order valence-electron chi connectivity index (χ3n) is 6.14. The Morgan fingerprint density at radius 3 is 2.17 bits per heavy atom. The van der Waals surface area contributed by atoms with Crippen LogP contribution in [-0.4, -0.2) is 29.8 Å². The summed E-state index contributed by atoms with van der Waals surface area (Å²) in [5.74, 6) is -2.06. The molecule has 3 aromatic rings. The van der Waals surface area contributed by atoms with Crippen LogP contribution in [0.3, 0.4) is 0 Å². The van der Waals surface area contributed by atoms with Gasteiger partial charge in [-0.05, 0) is 78.4 Å². The van der Waals surface area contributed by atoms with E-state index in [1.165, 1.54) is 66.7 Å². The zero-order chi connectivity index (χ0) is 30.9. The molecule has 0 radical (unpaired) electrons. The number of aryl methyl sites for hydroxylation is 1. The summed E-state index contributed by atoms with van der Waals surface area (Å²) in [4.78, 5) is 23.5. The van der Waals surface area contributed by atoms with Crippen molar-refractivity contribution in [3.8, 4) is 5.75 Å². The average Bonchev–Trinajstić information content (AvgIpc) is 2.91. The maximum atomic E-state index is 14.7. The lowest BCUT2D eigenvalue weighted by atomic mass is 10.0. The lowest BCUT2D eigenvalue weighted by Gasteiger charge is -2.18. The van der Waals surface area contributed by atoms with E-state index in [0.717, 1.165) is 6.08 Å². The molecule has 12 heteroatoms. The van der Waals surface area contributed by atoms with Crippen LogP contribution in [0.1, 0.15) is 51.9 Å². The summed E-state index contributed by atoms with van der Waals surface area (Å²) in [7, 11) is 0. The van der Waals surface area contributed by atoms with E-state index in [4.69, 9.17) is 20.9 Å². The maximum Gasteiger partial charge on any atom is 0.426 e. The number of hydrogen-bond donors (Lipinski definition) is 3. The number of nitrogens with two attached hydrogens (primary N) is 2. The summed E-state index contributed by atoms with van der Waals surface area (Å²) >= 11 is 0. The van der Waals surface area contributed by atoms with Gasteiger partial charge in [-0.15, -0.1) is 0 Å². The molecule has 0 aliphatic heterocycles. The van der Waals surface area contributed by atoms with Gasteiger partial charge in [0.1, 0.15) is 5.75 Å². The number of aromatic carboxylic acids is 1. The molecule has 42 heavy (non-hydrogen) atoms. The molecular weight excluding hydrogens is 563 g/mol. The van der Waals surface area contributed by atoms with Gasteiger partial charge in [0.05, 0.1) is 17.7 Å². The van der Waals surface area contributed by atoms with Crippen molar-refractivity contribution in [3.05, 3.63) is 94.6 Å². The van der Waals surface area contributed by atoms with Crippen molar-refractivity contribution in [3.63, 3.8) is 0 Å². The van der Waals surface area contributed by atoms with Gasteiger partial charge in [0.15, 0.2) is 0 Å². The van der Waals surface area contributed by atoms with Crippen molar-refractivity contribution in [1.82, 2.24) is 0 Å². The highest BCUT2D eigenvalue weighted by atomic mass is 19.4. The molecule has 0 fully saturated rings. The minimum atomic E-state index is -4.21. The molecule has 7 nitrogen and oxygen atoms in total. The number of carbonyl (C=O) groups is 2. The quantitative estimate of drug-likeness (QED) is 0.0659. The Morgan fingerprint density at radius 1 is 0.881 bits per heavy atom. The zero-order valence-corrected chi connectivity index (χ0v) is 22.3. The number of halogens is 5. The summed E-state index contributed by atoms with van der Waals surface area (Å²) in [6.07, 6.45) is -5.58. The van der Waals surface area contributed by atoms with Crippen LogP contribution in [0, 0.1) is 0 Å². The van der Waals surface area contributed by atoms with Crippen LogP contribution >= 0.6 is 0 Å². The Kier molecular flexibility index (Phi) is 10.5. The molecule has 0 spiro atoms. The van der Waals surface area contributed by atoms with Gasteiger partial charge in [0.2, 0.25) is 0 Å². The number of anilines is 2. The van der Waals surface area contributed by atoms with Crippen molar-refractivity contribution in [2.24, 2.45) is 0 Å². The molecule has 0 atom stereocenters. The Morgan fingerprint density at radius 2 is 1.55 bits per heavy atom. The van der Waals surface area contributed by atoms with Crippen molar-refractivity contribution < 1.29 is 46.1 Å². The normalized spacial score (nSPS) is 11.9. The molecule has 0 heterocycles. The van der Waals surface area contributed by atoms with E-state index in [2.05, 4.69) is 0 Å². The van der Waals surface area contributed by atoms with E-state index in [1.54, 1.807) is 0 Å². The molecule has 0 aromatic heterocycles. The smallest absolute Gasteiger partial charge is 0.426 e.